The van der Waals surface area contributed by atoms with Crippen LogP contribution in [0.25, 0.3) is 0 Å². The number of benzene rings is 2. The van der Waals surface area contributed by atoms with E-state index in [0.717, 1.165) is 11.3 Å². The molecule has 0 heterocycles. The number of carbonyl (C=O) groups excluding carboxylic acids is 1. The maximum atomic E-state index is 11.4. The van der Waals surface area contributed by atoms with Gasteiger partial charge < -0.3 is 4.74 Å². The minimum atomic E-state index is -0.535. The first-order valence-electron chi connectivity index (χ1n) is 6.16. The molecule has 0 amide bonds. The molecule has 0 aromatic heterocycles. The summed E-state index contributed by atoms with van der Waals surface area (Å²) < 4.78 is 5.75. The zero-order chi connectivity index (χ0) is 14.7. The summed E-state index contributed by atoms with van der Waals surface area (Å²) in [4.78, 5) is 11.4. The van der Waals surface area contributed by atoms with Gasteiger partial charge in [0.25, 0.3) is 5.24 Å². The van der Waals surface area contributed by atoms with E-state index in [-0.39, 0.29) is 6.61 Å². The molecular weight excluding hydrogens is 295 g/mol. The van der Waals surface area contributed by atoms with E-state index in [1.165, 1.54) is 5.56 Å². The van der Waals surface area contributed by atoms with Crippen LogP contribution in [-0.2, 0) is 6.61 Å². The van der Waals surface area contributed by atoms with Crippen LogP contribution in [0.15, 0.2) is 36.4 Å². The summed E-state index contributed by atoms with van der Waals surface area (Å²) in [5.74, 6) is 0.767. The smallest absolute Gasteiger partial charge is 0.252 e. The van der Waals surface area contributed by atoms with E-state index >= 15 is 0 Å². The Hall–Kier alpha value is -1.51. The van der Waals surface area contributed by atoms with Crippen LogP contribution >= 0.6 is 23.2 Å². The van der Waals surface area contributed by atoms with E-state index in [1.54, 1.807) is 18.2 Å². The molecule has 0 atom stereocenters. The van der Waals surface area contributed by atoms with Crippen LogP contribution in [0.5, 0.6) is 5.75 Å². The third kappa shape index (κ3) is 3.33. The first-order chi connectivity index (χ1) is 9.49. The highest BCUT2D eigenvalue weighted by Gasteiger charge is 2.13. The van der Waals surface area contributed by atoms with Crippen molar-refractivity contribution in [3.8, 4) is 5.75 Å². The van der Waals surface area contributed by atoms with Crippen LogP contribution in [0.2, 0.25) is 5.02 Å². The maximum Gasteiger partial charge on any atom is 0.252 e. The molecule has 0 saturated carbocycles. The van der Waals surface area contributed by atoms with Crippen molar-refractivity contribution in [1.29, 1.82) is 0 Å². The molecule has 0 radical (unpaired) electrons. The highest BCUT2D eigenvalue weighted by Crippen LogP contribution is 2.25. The highest BCUT2D eigenvalue weighted by molar-refractivity contribution is 6.68. The Morgan fingerprint density at radius 1 is 1.20 bits per heavy atom. The second-order valence-electron chi connectivity index (χ2n) is 4.60. The molecule has 0 spiro atoms. The zero-order valence-electron chi connectivity index (χ0n) is 11.2. The number of hydrogen-bond donors (Lipinski definition) is 0. The van der Waals surface area contributed by atoms with E-state index in [9.17, 15) is 4.79 Å². The summed E-state index contributed by atoms with van der Waals surface area (Å²) in [7, 11) is 0. The highest BCUT2D eigenvalue weighted by atomic mass is 35.5. The molecule has 2 nitrogen and oxygen atoms in total. The summed E-state index contributed by atoms with van der Waals surface area (Å²) in [6.07, 6.45) is 0. The van der Waals surface area contributed by atoms with Crippen molar-refractivity contribution in [1.82, 2.24) is 0 Å². The third-order valence-electron chi connectivity index (χ3n) is 3.03. The van der Waals surface area contributed by atoms with Gasteiger partial charge in [-0.2, -0.15) is 0 Å². The van der Waals surface area contributed by atoms with Gasteiger partial charge in [-0.15, -0.1) is 0 Å². The Morgan fingerprint density at radius 2 is 1.95 bits per heavy atom. The molecule has 0 aliphatic rings. The molecule has 0 N–H and O–H groups in total. The van der Waals surface area contributed by atoms with Gasteiger partial charge in [0.05, 0.1) is 0 Å². The minimum Gasteiger partial charge on any atom is -0.489 e. The quantitative estimate of drug-likeness (QED) is 0.750. The first-order valence-corrected chi connectivity index (χ1v) is 6.92. The summed E-state index contributed by atoms with van der Waals surface area (Å²) >= 11 is 11.7. The summed E-state index contributed by atoms with van der Waals surface area (Å²) in [6.45, 7) is 4.20. The van der Waals surface area contributed by atoms with Crippen LogP contribution in [0.3, 0.4) is 0 Å². The number of ether oxygens (including phenoxy) is 1. The van der Waals surface area contributed by atoms with E-state index in [2.05, 4.69) is 0 Å². The molecule has 2 rings (SSSR count). The second-order valence-corrected chi connectivity index (χ2v) is 5.35. The number of aryl methyl sites for hydroxylation is 2. The number of carbonyl (C=O) groups is 1. The summed E-state index contributed by atoms with van der Waals surface area (Å²) in [6, 6.07) is 11.0. The van der Waals surface area contributed by atoms with Gasteiger partial charge in [0.15, 0.2) is 0 Å². The Morgan fingerprint density at radius 3 is 2.60 bits per heavy atom. The van der Waals surface area contributed by atoms with Crippen LogP contribution in [0, 0.1) is 13.8 Å². The maximum absolute atomic E-state index is 11.4. The number of rotatable bonds is 4. The van der Waals surface area contributed by atoms with Crippen LogP contribution in [0.1, 0.15) is 27.0 Å². The molecule has 0 aliphatic carbocycles. The summed E-state index contributed by atoms with van der Waals surface area (Å²) in [5.41, 5.74) is 3.19. The second kappa shape index (κ2) is 6.29. The zero-order valence-corrected chi connectivity index (χ0v) is 12.8. The lowest BCUT2D eigenvalue weighted by Gasteiger charge is -2.12. The van der Waals surface area contributed by atoms with Crippen molar-refractivity contribution >= 4 is 28.4 Å². The van der Waals surface area contributed by atoms with Gasteiger partial charge in [0, 0.05) is 16.1 Å². The lowest BCUT2D eigenvalue weighted by Crippen LogP contribution is -2.04. The van der Waals surface area contributed by atoms with Gasteiger partial charge in [-0.3, -0.25) is 4.79 Å². The van der Waals surface area contributed by atoms with Gasteiger partial charge in [-0.1, -0.05) is 35.4 Å². The van der Waals surface area contributed by atoms with E-state index < -0.39 is 5.24 Å². The molecule has 104 valence electrons. The van der Waals surface area contributed by atoms with Gasteiger partial charge in [-0.25, -0.2) is 0 Å². The lowest BCUT2D eigenvalue weighted by atomic mass is 10.1. The van der Waals surface area contributed by atoms with E-state index in [1.807, 2.05) is 32.0 Å². The molecule has 0 bridgehead atoms. The van der Waals surface area contributed by atoms with Crippen LogP contribution in [-0.4, -0.2) is 5.24 Å². The predicted octanol–water partition coefficient (Wildman–Crippen LogP) is 4.91. The molecule has 0 aliphatic heterocycles. The topological polar surface area (TPSA) is 26.3 Å². The van der Waals surface area contributed by atoms with Gasteiger partial charge in [-0.05, 0) is 49.2 Å². The van der Waals surface area contributed by atoms with E-state index in [4.69, 9.17) is 27.9 Å². The fourth-order valence-electron chi connectivity index (χ4n) is 2.00. The van der Waals surface area contributed by atoms with Crippen molar-refractivity contribution in [3.05, 3.63) is 63.7 Å². The lowest BCUT2D eigenvalue weighted by molar-refractivity contribution is 0.107. The Kier molecular flexibility index (Phi) is 4.69. The van der Waals surface area contributed by atoms with Crippen molar-refractivity contribution in [3.63, 3.8) is 0 Å². The predicted molar refractivity (Wildman–Crippen MR) is 81.9 cm³/mol. The van der Waals surface area contributed by atoms with E-state index in [0.29, 0.717) is 16.1 Å². The van der Waals surface area contributed by atoms with Crippen molar-refractivity contribution < 1.29 is 9.53 Å². The first kappa shape index (κ1) is 14.9. The molecule has 4 heteroatoms. The minimum absolute atomic E-state index is 0.206. The third-order valence-corrected chi connectivity index (χ3v) is 3.59. The Bertz CT molecular complexity index is 651. The molecule has 2 aromatic rings. The average Bonchev–Trinajstić information content (AvgIpc) is 2.38. The van der Waals surface area contributed by atoms with Gasteiger partial charge >= 0.3 is 0 Å². The van der Waals surface area contributed by atoms with Gasteiger partial charge in [0.1, 0.15) is 12.4 Å². The molecule has 20 heavy (non-hydrogen) atoms. The van der Waals surface area contributed by atoms with Crippen LogP contribution in [0.4, 0.5) is 0 Å². The Balaban J connectivity index is 2.25. The molecule has 0 fully saturated rings. The van der Waals surface area contributed by atoms with Crippen molar-refractivity contribution in [2.24, 2.45) is 0 Å². The van der Waals surface area contributed by atoms with Crippen LogP contribution < -0.4 is 4.74 Å². The average molecular weight is 309 g/mol. The normalized spacial score (nSPS) is 10.4. The Labute approximate surface area is 128 Å². The van der Waals surface area contributed by atoms with Gasteiger partial charge in [0.2, 0.25) is 0 Å². The monoisotopic (exact) mass is 308 g/mol. The molecular formula is C16H14Cl2O2. The molecule has 2 aromatic carbocycles. The largest absolute Gasteiger partial charge is 0.489 e. The number of hydrogen-bond acceptors (Lipinski definition) is 2. The fraction of sp³-hybridized carbons (Fsp3) is 0.188. The standard InChI is InChI=1S/C16H14Cl2O2/c1-10-6-7-15(11(2)8-10)20-9-13-12(16(18)19)4-3-5-14(13)17/h3-8H,9H2,1-2H3. The summed E-state index contributed by atoms with van der Waals surface area (Å²) in [5, 5.41) is -0.0620. The molecule has 0 saturated heterocycles. The van der Waals surface area contributed by atoms with Crippen molar-refractivity contribution in [2.45, 2.75) is 20.5 Å². The fourth-order valence-corrected chi connectivity index (χ4v) is 2.41. The van der Waals surface area contributed by atoms with Crippen molar-refractivity contribution in [2.75, 3.05) is 0 Å². The number of halogens is 2. The molecule has 0 unspecified atom stereocenters. The SMILES string of the molecule is Cc1ccc(OCc2c(Cl)cccc2C(=O)Cl)c(C)c1.